The van der Waals surface area contributed by atoms with Gasteiger partial charge in [-0.2, -0.15) is 0 Å². The van der Waals surface area contributed by atoms with Crippen LogP contribution < -0.4 is 5.32 Å². The van der Waals surface area contributed by atoms with Crippen molar-refractivity contribution in [1.82, 2.24) is 10.2 Å². The monoisotopic (exact) mass is 284 g/mol. The number of urea groups is 1. The summed E-state index contributed by atoms with van der Waals surface area (Å²) >= 11 is 0. The maximum absolute atomic E-state index is 12.4. The summed E-state index contributed by atoms with van der Waals surface area (Å²) in [5, 5.41) is 12.2. The predicted molar refractivity (Wildman–Crippen MR) is 78.7 cm³/mol. The second-order valence-electron chi connectivity index (χ2n) is 7.59. The first-order valence-corrected chi connectivity index (χ1v) is 7.33. The number of piperidine rings is 1. The van der Waals surface area contributed by atoms with Crippen molar-refractivity contribution in [3.05, 3.63) is 0 Å². The molecular weight excluding hydrogens is 256 g/mol. The van der Waals surface area contributed by atoms with E-state index >= 15 is 0 Å². The van der Waals surface area contributed by atoms with Crippen LogP contribution in [0, 0.1) is 5.41 Å². The van der Waals surface area contributed by atoms with E-state index in [1.807, 2.05) is 13.8 Å². The van der Waals surface area contributed by atoms with E-state index in [0.29, 0.717) is 13.0 Å². The van der Waals surface area contributed by atoms with Crippen LogP contribution in [-0.2, 0) is 4.79 Å². The van der Waals surface area contributed by atoms with Crippen LogP contribution in [0.5, 0.6) is 0 Å². The summed E-state index contributed by atoms with van der Waals surface area (Å²) in [7, 11) is 0. The smallest absolute Gasteiger partial charge is 0.326 e. The second-order valence-corrected chi connectivity index (χ2v) is 7.59. The van der Waals surface area contributed by atoms with Crippen molar-refractivity contribution in [3.63, 3.8) is 0 Å². The first-order chi connectivity index (χ1) is 9.02. The van der Waals surface area contributed by atoms with Crippen molar-refractivity contribution in [2.75, 3.05) is 6.54 Å². The highest BCUT2D eigenvalue weighted by Crippen LogP contribution is 2.27. The van der Waals surface area contributed by atoms with Gasteiger partial charge in [-0.05, 0) is 44.9 Å². The zero-order valence-electron chi connectivity index (χ0n) is 13.3. The molecule has 116 valence electrons. The topological polar surface area (TPSA) is 69.6 Å². The standard InChI is InChI=1S/C15H28N2O3/c1-14(2,3)10-15(4,5)16-13(20)17-9-7-6-8-11(17)12(18)19/h11H,6-10H2,1-5H3,(H,16,20)(H,18,19). The van der Waals surface area contributed by atoms with Gasteiger partial charge < -0.3 is 15.3 Å². The molecule has 1 aliphatic heterocycles. The zero-order valence-corrected chi connectivity index (χ0v) is 13.3. The van der Waals surface area contributed by atoms with Gasteiger partial charge in [-0.3, -0.25) is 0 Å². The SMILES string of the molecule is CC(C)(C)CC(C)(C)NC(=O)N1CCCCC1C(=O)O. The Bertz CT molecular complexity index is 372. The van der Waals surface area contributed by atoms with Crippen molar-refractivity contribution in [2.24, 2.45) is 5.41 Å². The number of amides is 2. The first-order valence-electron chi connectivity index (χ1n) is 7.33. The summed E-state index contributed by atoms with van der Waals surface area (Å²) in [6.07, 6.45) is 3.11. The molecule has 0 spiro atoms. The fourth-order valence-corrected chi connectivity index (χ4v) is 3.16. The largest absolute Gasteiger partial charge is 0.480 e. The number of aliphatic carboxylic acids is 1. The zero-order chi connectivity index (χ0) is 15.6. The average Bonchev–Trinajstić information content (AvgIpc) is 2.24. The van der Waals surface area contributed by atoms with Crippen LogP contribution in [0.3, 0.4) is 0 Å². The third-order valence-electron chi connectivity index (χ3n) is 3.47. The summed E-state index contributed by atoms with van der Waals surface area (Å²) in [6.45, 7) is 10.9. The van der Waals surface area contributed by atoms with Gasteiger partial charge in [-0.25, -0.2) is 9.59 Å². The molecule has 5 heteroatoms. The minimum absolute atomic E-state index is 0.102. The molecule has 20 heavy (non-hydrogen) atoms. The molecule has 2 N–H and O–H groups in total. The molecule has 0 saturated carbocycles. The van der Waals surface area contributed by atoms with Gasteiger partial charge in [0.15, 0.2) is 0 Å². The molecule has 0 bridgehead atoms. The molecule has 1 atom stereocenters. The molecule has 0 radical (unpaired) electrons. The summed E-state index contributed by atoms with van der Waals surface area (Å²) in [4.78, 5) is 25.1. The Kier molecular flexibility index (Phi) is 5.05. The summed E-state index contributed by atoms with van der Waals surface area (Å²) < 4.78 is 0. The molecule has 1 rings (SSSR count). The number of hydrogen-bond acceptors (Lipinski definition) is 2. The van der Waals surface area contributed by atoms with E-state index in [1.54, 1.807) is 0 Å². The van der Waals surface area contributed by atoms with Crippen molar-refractivity contribution in [3.8, 4) is 0 Å². The highest BCUT2D eigenvalue weighted by molar-refractivity contribution is 5.83. The van der Waals surface area contributed by atoms with Crippen LogP contribution in [0.25, 0.3) is 0 Å². The molecule has 2 amide bonds. The van der Waals surface area contributed by atoms with Crippen LogP contribution in [0.4, 0.5) is 4.79 Å². The first kappa shape index (κ1) is 16.8. The molecule has 1 unspecified atom stereocenters. The lowest BCUT2D eigenvalue weighted by molar-refractivity contribution is -0.143. The second kappa shape index (κ2) is 6.02. The Morgan fingerprint density at radius 1 is 1.20 bits per heavy atom. The van der Waals surface area contributed by atoms with Gasteiger partial charge in [0.05, 0.1) is 0 Å². The summed E-state index contributed by atoms with van der Waals surface area (Å²) in [5.41, 5.74) is -0.249. The molecule has 1 heterocycles. The number of likely N-dealkylation sites (tertiary alicyclic amines) is 1. The van der Waals surface area contributed by atoms with E-state index in [4.69, 9.17) is 0 Å². The van der Waals surface area contributed by atoms with Crippen molar-refractivity contribution in [1.29, 1.82) is 0 Å². The molecular formula is C15H28N2O3. The van der Waals surface area contributed by atoms with E-state index in [9.17, 15) is 14.7 Å². The predicted octanol–water partition coefficient (Wildman–Crippen LogP) is 2.85. The number of carbonyl (C=O) groups excluding carboxylic acids is 1. The van der Waals surface area contributed by atoms with Gasteiger partial charge in [0.1, 0.15) is 6.04 Å². The molecule has 5 nitrogen and oxygen atoms in total. The molecule has 0 aromatic carbocycles. The Morgan fingerprint density at radius 2 is 1.80 bits per heavy atom. The van der Waals surface area contributed by atoms with E-state index in [0.717, 1.165) is 19.3 Å². The van der Waals surface area contributed by atoms with Crippen molar-refractivity contribution < 1.29 is 14.7 Å². The lowest BCUT2D eigenvalue weighted by Crippen LogP contribution is -2.57. The van der Waals surface area contributed by atoms with Crippen LogP contribution in [0.2, 0.25) is 0 Å². The van der Waals surface area contributed by atoms with Gasteiger partial charge in [0.25, 0.3) is 0 Å². The van der Waals surface area contributed by atoms with E-state index in [-0.39, 0.29) is 17.0 Å². The van der Waals surface area contributed by atoms with Gasteiger partial charge in [-0.15, -0.1) is 0 Å². The minimum Gasteiger partial charge on any atom is -0.480 e. The molecule has 1 fully saturated rings. The fourth-order valence-electron chi connectivity index (χ4n) is 3.16. The van der Waals surface area contributed by atoms with E-state index in [1.165, 1.54) is 4.90 Å². The fraction of sp³-hybridized carbons (Fsp3) is 0.867. The van der Waals surface area contributed by atoms with Crippen LogP contribution >= 0.6 is 0 Å². The van der Waals surface area contributed by atoms with Crippen molar-refractivity contribution in [2.45, 2.75) is 71.9 Å². The minimum atomic E-state index is -0.909. The number of rotatable bonds is 3. The molecule has 0 aromatic rings. The van der Waals surface area contributed by atoms with Crippen LogP contribution in [0.15, 0.2) is 0 Å². The molecule has 1 saturated heterocycles. The maximum atomic E-state index is 12.4. The third-order valence-corrected chi connectivity index (χ3v) is 3.47. The number of hydrogen-bond donors (Lipinski definition) is 2. The highest BCUT2D eigenvalue weighted by atomic mass is 16.4. The molecule has 0 aliphatic carbocycles. The summed E-state index contributed by atoms with van der Waals surface area (Å²) in [6, 6.07) is -0.944. The molecule has 1 aliphatic rings. The van der Waals surface area contributed by atoms with E-state index in [2.05, 4.69) is 26.1 Å². The van der Waals surface area contributed by atoms with Crippen LogP contribution in [-0.4, -0.2) is 40.1 Å². The summed E-state index contributed by atoms with van der Waals surface area (Å²) in [5.74, 6) is -0.909. The Morgan fingerprint density at radius 3 is 2.30 bits per heavy atom. The quantitative estimate of drug-likeness (QED) is 0.837. The number of carboxylic acid groups (broad SMARTS) is 1. The van der Waals surface area contributed by atoms with Gasteiger partial charge in [0.2, 0.25) is 0 Å². The maximum Gasteiger partial charge on any atom is 0.326 e. The lowest BCUT2D eigenvalue weighted by Gasteiger charge is -2.38. The van der Waals surface area contributed by atoms with Gasteiger partial charge in [0, 0.05) is 12.1 Å². The number of carbonyl (C=O) groups is 2. The van der Waals surface area contributed by atoms with Gasteiger partial charge >= 0.3 is 12.0 Å². The third kappa shape index (κ3) is 5.02. The normalized spacial score (nSPS) is 20.6. The number of carboxylic acids is 1. The Hall–Kier alpha value is -1.26. The van der Waals surface area contributed by atoms with Crippen LogP contribution in [0.1, 0.15) is 60.3 Å². The van der Waals surface area contributed by atoms with E-state index < -0.39 is 12.0 Å². The van der Waals surface area contributed by atoms with Gasteiger partial charge in [-0.1, -0.05) is 20.8 Å². The number of nitrogens with one attached hydrogen (secondary N) is 1. The highest BCUT2D eigenvalue weighted by Gasteiger charge is 2.35. The Balaban J connectivity index is 2.71. The van der Waals surface area contributed by atoms with Crippen molar-refractivity contribution >= 4 is 12.0 Å². The molecule has 0 aromatic heterocycles. The Labute approximate surface area is 121 Å². The lowest BCUT2D eigenvalue weighted by atomic mass is 9.82. The number of nitrogens with zero attached hydrogens (tertiary/aromatic N) is 1. The average molecular weight is 284 g/mol.